The number of ether oxygens (including phenoxy) is 1. The summed E-state index contributed by atoms with van der Waals surface area (Å²) in [6.45, 7) is 3.12. The van der Waals surface area contributed by atoms with Gasteiger partial charge in [-0.2, -0.15) is 0 Å². The minimum absolute atomic E-state index is 0.244. The first-order valence-electron chi connectivity index (χ1n) is 10.7. The maximum atomic E-state index is 11.1. The van der Waals surface area contributed by atoms with Crippen molar-refractivity contribution in [3.8, 4) is 17.0 Å². The van der Waals surface area contributed by atoms with Crippen LogP contribution in [0.3, 0.4) is 0 Å². The van der Waals surface area contributed by atoms with Crippen molar-refractivity contribution in [1.82, 2.24) is 9.55 Å². The highest BCUT2D eigenvalue weighted by Gasteiger charge is 2.10. The molecule has 0 atom stereocenters. The molecule has 172 valence electrons. The molecule has 4 rings (SSSR count). The molecular weight excluding hydrogens is 471 g/mol. The number of carbonyl (C=O) groups is 1. The van der Waals surface area contributed by atoms with Crippen LogP contribution >= 0.6 is 23.2 Å². The van der Waals surface area contributed by atoms with Crippen LogP contribution in [-0.4, -0.2) is 20.6 Å². The van der Waals surface area contributed by atoms with Crippen LogP contribution < -0.4 is 4.74 Å². The number of hydrogen-bond acceptors (Lipinski definition) is 3. The molecule has 1 heterocycles. The Bertz CT molecular complexity index is 1340. The number of carboxylic acids is 1. The highest BCUT2D eigenvalue weighted by Crippen LogP contribution is 2.30. The van der Waals surface area contributed by atoms with Gasteiger partial charge in [0.2, 0.25) is 0 Å². The number of imidazole rings is 1. The normalized spacial score (nSPS) is 11.1. The Morgan fingerprint density at radius 1 is 1.06 bits per heavy atom. The third-order valence-electron chi connectivity index (χ3n) is 5.24. The number of aromatic carboxylic acids is 1. The van der Waals surface area contributed by atoms with Crippen LogP contribution in [0.15, 0.2) is 72.9 Å². The van der Waals surface area contributed by atoms with Crippen molar-refractivity contribution in [1.29, 1.82) is 0 Å². The number of rotatable bonds is 8. The smallest absolute Gasteiger partial charge is 0.335 e. The van der Waals surface area contributed by atoms with Gasteiger partial charge in [-0.15, -0.1) is 0 Å². The van der Waals surface area contributed by atoms with Crippen molar-refractivity contribution in [2.24, 2.45) is 0 Å². The number of halogens is 2. The monoisotopic (exact) mass is 492 g/mol. The second-order valence-electron chi connectivity index (χ2n) is 7.59. The number of benzene rings is 3. The van der Waals surface area contributed by atoms with Crippen LogP contribution in [0.25, 0.3) is 23.4 Å². The third-order valence-corrected chi connectivity index (χ3v) is 5.79. The number of nitrogens with zero attached hydrogens (tertiary/aromatic N) is 2. The van der Waals surface area contributed by atoms with E-state index in [4.69, 9.17) is 38.0 Å². The number of hydrogen-bond donors (Lipinski definition) is 1. The molecule has 0 fully saturated rings. The van der Waals surface area contributed by atoms with E-state index in [1.54, 1.807) is 30.3 Å². The van der Waals surface area contributed by atoms with Crippen molar-refractivity contribution >= 4 is 41.3 Å². The summed E-state index contributed by atoms with van der Waals surface area (Å²) in [6.07, 6.45) is 5.93. The van der Waals surface area contributed by atoms with Crippen LogP contribution in [0, 0.1) is 0 Å². The Balaban J connectivity index is 1.44. The molecule has 1 N–H and O–H groups in total. The minimum Gasteiger partial charge on any atom is -0.489 e. The van der Waals surface area contributed by atoms with E-state index in [-0.39, 0.29) is 5.56 Å². The highest BCUT2D eigenvalue weighted by atomic mass is 35.5. The van der Waals surface area contributed by atoms with Crippen LogP contribution in [0.2, 0.25) is 10.0 Å². The molecule has 34 heavy (non-hydrogen) atoms. The number of aryl methyl sites for hydroxylation is 1. The molecule has 3 aromatic carbocycles. The molecule has 0 amide bonds. The summed E-state index contributed by atoms with van der Waals surface area (Å²) in [5.41, 5.74) is 3.67. The zero-order valence-corrected chi connectivity index (χ0v) is 19.9. The average Bonchev–Trinajstić information content (AvgIpc) is 3.25. The Labute approximate surface area is 207 Å². The number of carboxylic acid groups (broad SMARTS) is 1. The summed E-state index contributed by atoms with van der Waals surface area (Å²) in [5, 5.41) is 10.3. The van der Waals surface area contributed by atoms with Crippen LogP contribution in [0.5, 0.6) is 5.75 Å². The largest absolute Gasteiger partial charge is 0.489 e. The van der Waals surface area contributed by atoms with Gasteiger partial charge in [-0.25, -0.2) is 9.78 Å². The maximum absolute atomic E-state index is 11.1. The van der Waals surface area contributed by atoms with Gasteiger partial charge in [-0.1, -0.05) is 53.5 Å². The summed E-state index contributed by atoms with van der Waals surface area (Å²) in [4.78, 5) is 15.8. The van der Waals surface area contributed by atoms with Gasteiger partial charge >= 0.3 is 5.97 Å². The van der Waals surface area contributed by atoms with Gasteiger partial charge in [-0.05, 0) is 66.6 Å². The topological polar surface area (TPSA) is 64.4 Å². The Hall–Kier alpha value is -3.54. The molecule has 0 spiro atoms. The quantitative estimate of drug-likeness (QED) is 0.279. The molecule has 0 aliphatic heterocycles. The first kappa shape index (κ1) is 23.6. The summed E-state index contributed by atoms with van der Waals surface area (Å²) in [7, 11) is 0. The first-order chi connectivity index (χ1) is 16.4. The second-order valence-corrected chi connectivity index (χ2v) is 8.43. The van der Waals surface area contributed by atoms with Gasteiger partial charge in [0.25, 0.3) is 0 Å². The number of aromatic nitrogens is 2. The SMILES string of the molecule is CCn1cc(-c2ccc(Cl)cc2Cl)nc1/C=C/c1ccc(OCc2cccc(C(=O)O)c2)cc1. The molecule has 7 heteroatoms. The Morgan fingerprint density at radius 2 is 1.85 bits per heavy atom. The van der Waals surface area contributed by atoms with Crippen LogP contribution in [-0.2, 0) is 13.2 Å². The molecule has 0 bridgehead atoms. The Kier molecular flexibility index (Phi) is 7.36. The van der Waals surface area contributed by atoms with E-state index < -0.39 is 5.97 Å². The van der Waals surface area contributed by atoms with Gasteiger partial charge in [0.1, 0.15) is 18.2 Å². The molecular formula is C27H22Cl2N2O3. The van der Waals surface area contributed by atoms with Gasteiger partial charge < -0.3 is 14.4 Å². The fourth-order valence-electron chi connectivity index (χ4n) is 3.45. The Morgan fingerprint density at radius 3 is 2.56 bits per heavy atom. The molecule has 4 aromatic rings. The molecule has 0 radical (unpaired) electrons. The fourth-order valence-corrected chi connectivity index (χ4v) is 3.96. The van der Waals surface area contributed by atoms with Gasteiger partial charge in [0.05, 0.1) is 16.3 Å². The lowest BCUT2D eigenvalue weighted by Gasteiger charge is -2.07. The van der Waals surface area contributed by atoms with E-state index >= 15 is 0 Å². The van der Waals surface area contributed by atoms with E-state index in [1.807, 2.05) is 54.7 Å². The van der Waals surface area contributed by atoms with E-state index in [0.29, 0.717) is 22.4 Å². The lowest BCUT2D eigenvalue weighted by atomic mass is 10.1. The lowest BCUT2D eigenvalue weighted by molar-refractivity contribution is 0.0696. The molecule has 0 saturated heterocycles. The predicted octanol–water partition coefficient (Wildman–Crippen LogP) is 7.32. The van der Waals surface area contributed by atoms with Crippen LogP contribution in [0.1, 0.15) is 34.2 Å². The highest BCUT2D eigenvalue weighted by molar-refractivity contribution is 6.36. The summed E-state index contributed by atoms with van der Waals surface area (Å²) in [5.74, 6) is 0.569. The van der Waals surface area contributed by atoms with Crippen molar-refractivity contribution in [2.45, 2.75) is 20.1 Å². The standard InChI is InChI=1S/C27H22Cl2N2O3/c1-2-31-16-25(23-12-9-21(28)15-24(23)29)30-26(31)13-8-18-6-10-22(11-7-18)34-17-19-4-3-5-20(14-19)27(32)33/h3-16H,2,17H2,1H3,(H,32,33)/b13-8+. The second kappa shape index (κ2) is 10.6. The van der Waals surface area contributed by atoms with E-state index in [9.17, 15) is 4.79 Å². The molecule has 5 nitrogen and oxygen atoms in total. The van der Waals surface area contributed by atoms with Gasteiger partial charge in [0.15, 0.2) is 0 Å². The molecule has 0 aliphatic rings. The third kappa shape index (κ3) is 5.68. The summed E-state index contributed by atoms with van der Waals surface area (Å²) >= 11 is 12.4. The van der Waals surface area contributed by atoms with E-state index in [0.717, 1.165) is 34.8 Å². The molecule has 0 saturated carbocycles. The van der Waals surface area contributed by atoms with Crippen molar-refractivity contribution in [3.05, 3.63) is 105 Å². The fraction of sp³-hybridized carbons (Fsp3) is 0.111. The van der Waals surface area contributed by atoms with Crippen molar-refractivity contribution in [2.75, 3.05) is 0 Å². The van der Waals surface area contributed by atoms with Crippen molar-refractivity contribution < 1.29 is 14.6 Å². The van der Waals surface area contributed by atoms with Gasteiger partial charge in [0, 0.05) is 23.3 Å². The minimum atomic E-state index is -0.954. The van der Waals surface area contributed by atoms with E-state index in [2.05, 4.69) is 11.5 Å². The van der Waals surface area contributed by atoms with E-state index in [1.165, 1.54) is 0 Å². The lowest BCUT2D eigenvalue weighted by Crippen LogP contribution is -2.00. The maximum Gasteiger partial charge on any atom is 0.335 e. The summed E-state index contributed by atoms with van der Waals surface area (Å²) in [6, 6.07) is 19.8. The zero-order chi connectivity index (χ0) is 24.1. The van der Waals surface area contributed by atoms with Gasteiger partial charge in [-0.3, -0.25) is 0 Å². The summed E-state index contributed by atoms with van der Waals surface area (Å²) < 4.78 is 7.85. The molecule has 0 aliphatic carbocycles. The van der Waals surface area contributed by atoms with Crippen LogP contribution in [0.4, 0.5) is 0 Å². The zero-order valence-electron chi connectivity index (χ0n) is 18.4. The predicted molar refractivity (Wildman–Crippen MR) is 136 cm³/mol. The van der Waals surface area contributed by atoms with Crippen molar-refractivity contribution in [3.63, 3.8) is 0 Å². The molecule has 1 aromatic heterocycles. The molecule has 0 unspecified atom stereocenters. The first-order valence-corrected chi connectivity index (χ1v) is 11.4. The average molecular weight is 493 g/mol.